The maximum atomic E-state index is 13.7. The van der Waals surface area contributed by atoms with E-state index in [4.69, 9.17) is 36.9 Å². The second kappa shape index (κ2) is 11.9. The molecule has 2 aromatic rings. The number of aliphatic carboxylic acids is 1. The van der Waals surface area contributed by atoms with Crippen molar-refractivity contribution in [2.24, 2.45) is 10.8 Å². The highest BCUT2D eigenvalue weighted by Gasteiger charge is 2.65. The standard InChI is InChI=1S/C30H33ClN2O5/c1-29(2)27(30(3,4)28(29)38-22-15-16-24(32-5)23(31)18-22)33(6)26(36)21-13-11-20(12-14-21)10-8-7-9-17-37-19-25(34)35/h11-16,18,27-28H,7,9,17,19H2,1-4,6H3,(H,34,35)/i6D3. The molecule has 3 rings (SSSR count). The summed E-state index contributed by atoms with van der Waals surface area (Å²) in [6, 6.07) is 10.6. The molecule has 1 aliphatic carbocycles. The third kappa shape index (κ3) is 6.30. The number of benzene rings is 2. The summed E-state index contributed by atoms with van der Waals surface area (Å²) in [6.45, 7) is 11.9. The summed E-state index contributed by atoms with van der Waals surface area (Å²) in [6.07, 6.45) is 0.652. The van der Waals surface area contributed by atoms with Gasteiger partial charge in [0.1, 0.15) is 18.5 Å². The Labute approximate surface area is 233 Å². The maximum Gasteiger partial charge on any atom is 0.329 e. The number of rotatable bonds is 9. The minimum Gasteiger partial charge on any atom is -0.489 e. The van der Waals surface area contributed by atoms with Gasteiger partial charge in [-0.05, 0) is 42.8 Å². The predicted octanol–water partition coefficient (Wildman–Crippen LogP) is 6.08. The number of carboxylic acids is 1. The fraction of sp³-hybridized carbons (Fsp3) is 0.433. The Morgan fingerprint density at radius 2 is 1.87 bits per heavy atom. The van der Waals surface area contributed by atoms with Crippen molar-refractivity contribution < 1.29 is 28.3 Å². The van der Waals surface area contributed by atoms with Gasteiger partial charge in [-0.3, -0.25) is 4.79 Å². The molecule has 0 aliphatic heterocycles. The van der Waals surface area contributed by atoms with Gasteiger partial charge in [0.05, 0.1) is 11.6 Å². The number of nitrogens with zero attached hydrogens (tertiary/aromatic N) is 2. The summed E-state index contributed by atoms with van der Waals surface area (Å²) in [5.41, 5.74) is -0.279. The van der Waals surface area contributed by atoms with E-state index in [1.807, 2.05) is 27.7 Å². The van der Waals surface area contributed by atoms with Gasteiger partial charge in [0, 0.05) is 52.1 Å². The van der Waals surface area contributed by atoms with Crippen LogP contribution in [0.15, 0.2) is 42.5 Å². The van der Waals surface area contributed by atoms with Crippen LogP contribution in [0, 0.1) is 29.2 Å². The molecule has 0 aromatic heterocycles. The molecular formula is C30H33ClN2O5. The summed E-state index contributed by atoms with van der Waals surface area (Å²) in [4.78, 5) is 28.5. The number of carbonyl (C=O) groups is 2. The van der Waals surface area contributed by atoms with Gasteiger partial charge in [-0.15, -0.1) is 0 Å². The first kappa shape index (κ1) is 24.8. The van der Waals surface area contributed by atoms with Crippen molar-refractivity contribution in [1.29, 1.82) is 0 Å². The quantitative estimate of drug-likeness (QED) is 0.237. The van der Waals surface area contributed by atoms with Gasteiger partial charge in [-0.25, -0.2) is 9.64 Å². The Morgan fingerprint density at radius 3 is 2.45 bits per heavy atom. The molecular weight excluding hydrogens is 504 g/mol. The van der Waals surface area contributed by atoms with E-state index in [1.54, 1.807) is 42.5 Å². The highest BCUT2D eigenvalue weighted by molar-refractivity contribution is 6.33. The zero-order valence-corrected chi connectivity index (χ0v) is 22.6. The van der Waals surface area contributed by atoms with E-state index in [2.05, 4.69) is 16.7 Å². The third-order valence-corrected chi connectivity index (χ3v) is 7.01. The number of carboxylic acid groups (broad SMARTS) is 1. The monoisotopic (exact) mass is 539 g/mol. The van der Waals surface area contributed by atoms with Crippen molar-refractivity contribution >= 4 is 29.2 Å². The fourth-order valence-corrected chi connectivity index (χ4v) is 5.62. The number of ether oxygens (including phenoxy) is 2. The third-order valence-electron chi connectivity index (χ3n) is 6.71. The van der Waals surface area contributed by atoms with Gasteiger partial charge in [-0.2, -0.15) is 0 Å². The van der Waals surface area contributed by atoms with Crippen LogP contribution >= 0.6 is 11.6 Å². The number of hydrogen-bond donors (Lipinski definition) is 1. The lowest BCUT2D eigenvalue weighted by molar-refractivity contribution is -0.195. The molecule has 0 bridgehead atoms. The van der Waals surface area contributed by atoms with E-state index < -0.39 is 41.8 Å². The normalized spacial score (nSPS) is 20.3. The Morgan fingerprint density at radius 1 is 1.18 bits per heavy atom. The van der Waals surface area contributed by atoms with E-state index in [0.717, 1.165) is 4.90 Å². The molecule has 0 heterocycles. The topological polar surface area (TPSA) is 80.4 Å². The van der Waals surface area contributed by atoms with Gasteiger partial charge in [0.25, 0.3) is 5.91 Å². The zero-order valence-electron chi connectivity index (χ0n) is 24.9. The number of amides is 1. The van der Waals surface area contributed by atoms with E-state index >= 15 is 0 Å². The molecule has 1 aliphatic rings. The molecule has 0 atom stereocenters. The molecule has 1 fully saturated rings. The smallest absolute Gasteiger partial charge is 0.329 e. The van der Waals surface area contributed by atoms with Crippen LogP contribution in [0.5, 0.6) is 5.75 Å². The second-order valence-corrected chi connectivity index (χ2v) is 10.8. The number of hydrogen-bond acceptors (Lipinski definition) is 4. The molecule has 200 valence electrons. The minimum absolute atomic E-state index is 0.228. The molecule has 0 saturated heterocycles. The van der Waals surface area contributed by atoms with Crippen LogP contribution < -0.4 is 4.74 Å². The van der Waals surface area contributed by atoms with Gasteiger partial charge in [0.2, 0.25) is 5.69 Å². The largest absolute Gasteiger partial charge is 0.489 e. The van der Waals surface area contributed by atoms with Crippen molar-refractivity contribution in [3.05, 3.63) is 70.0 Å². The van der Waals surface area contributed by atoms with Crippen LogP contribution in [0.1, 0.15) is 60.6 Å². The van der Waals surface area contributed by atoms with E-state index in [1.165, 1.54) is 0 Å². The first-order chi connectivity index (χ1) is 19.1. The molecule has 0 spiro atoms. The number of halogens is 1. The first-order valence-corrected chi connectivity index (χ1v) is 12.5. The van der Waals surface area contributed by atoms with Crippen molar-refractivity contribution in [1.82, 2.24) is 4.90 Å². The molecule has 7 nitrogen and oxygen atoms in total. The van der Waals surface area contributed by atoms with Crippen molar-refractivity contribution in [2.75, 3.05) is 20.2 Å². The average Bonchev–Trinajstić information content (AvgIpc) is 2.88. The molecule has 1 N–H and O–H groups in total. The Hall–Kier alpha value is -3.52. The van der Waals surface area contributed by atoms with Crippen LogP contribution in [0.25, 0.3) is 4.85 Å². The van der Waals surface area contributed by atoms with Crippen LogP contribution in [0.2, 0.25) is 5.02 Å². The minimum atomic E-state index is -2.71. The number of unbranched alkanes of at least 4 members (excludes halogenated alkanes) is 1. The van der Waals surface area contributed by atoms with Crippen LogP contribution in [0.3, 0.4) is 0 Å². The van der Waals surface area contributed by atoms with Gasteiger partial charge < -0.3 is 19.5 Å². The van der Waals surface area contributed by atoms with Crippen molar-refractivity contribution in [2.45, 2.75) is 52.7 Å². The van der Waals surface area contributed by atoms with E-state index in [9.17, 15) is 9.59 Å². The predicted molar refractivity (Wildman–Crippen MR) is 147 cm³/mol. The molecule has 0 radical (unpaired) electrons. The summed E-state index contributed by atoms with van der Waals surface area (Å²) < 4.78 is 36.0. The summed E-state index contributed by atoms with van der Waals surface area (Å²) >= 11 is 6.19. The fourth-order valence-electron chi connectivity index (χ4n) is 5.40. The molecule has 1 amide bonds. The molecule has 2 aromatic carbocycles. The average molecular weight is 540 g/mol. The Kier molecular flexibility index (Phi) is 7.77. The lowest BCUT2D eigenvalue weighted by Crippen LogP contribution is -2.74. The van der Waals surface area contributed by atoms with Crippen LogP contribution in [-0.4, -0.2) is 54.2 Å². The SMILES string of the molecule is [2H]C([2H])([2H])N(C(=O)c1ccc(C#CCCCOCC(=O)O)cc1)C1C(C)(C)C(Oc2ccc([N+]#[C-])c(Cl)c2)C1(C)C. The van der Waals surface area contributed by atoms with E-state index in [0.29, 0.717) is 36.4 Å². The lowest BCUT2D eigenvalue weighted by atomic mass is 9.49. The van der Waals surface area contributed by atoms with Crippen LogP contribution in [-0.2, 0) is 9.53 Å². The first-order valence-electron chi connectivity index (χ1n) is 13.7. The highest BCUT2D eigenvalue weighted by atomic mass is 35.5. The summed E-state index contributed by atoms with van der Waals surface area (Å²) in [5, 5.41) is 8.83. The molecule has 0 unspecified atom stereocenters. The number of carbonyl (C=O) groups excluding carboxylic acids is 1. The van der Waals surface area contributed by atoms with Crippen molar-refractivity contribution in [3.63, 3.8) is 0 Å². The second-order valence-electron chi connectivity index (χ2n) is 10.4. The maximum absolute atomic E-state index is 13.7. The molecule has 1 saturated carbocycles. The van der Waals surface area contributed by atoms with Crippen molar-refractivity contribution in [3.8, 4) is 17.6 Å². The summed E-state index contributed by atoms with van der Waals surface area (Å²) in [5.74, 6) is 4.79. The van der Waals surface area contributed by atoms with Gasteiger partial charge in [-0.1, -0.05) is 57.2 Å². The van der Waals surface area contributed by atoms with Crippen LogP contribution in [0.4, 0.5) is 5.69 Å². The molecule has 8 heteroatoms. The Bertz CT molecular complexity index is 1370. The highest BCUT2D eigenvalue weighted by Crippen LogP contribution is 2.58. The van der Waals surface area contributed by atoms with Gasteiger partial charge >= 0.3 is 5.97 Å². The van der Waals surface area contributed by atoms with E-state index in [-0.39, 0.29) is 17.2 Å². The van der Waals surface area contributed by atoms with Gasteiger partial charge in [0.15, 0.2) is 0 Å². The zero-order chi connectivity index (χ0) is 30.6. The lowest BCUT2D eigenvalue weighted by Gasteiger charge is -2.65. The summed E-state index contributed by atoms with van der Waals surface area (Å²) in [7, 11) is 0. The Balaban J connectivity index is 1.76. The molecule has 38 heavy (non-hydrogen) atoms.